The average molecular weight is 264 g/mol. The maximum absolute atomic E-state index is 11.7. The van der Waals surface area contributed by atoms with Crippen molar-refractivity contribution in [2.24, 2.45) is 5.92 Å². The Hall–Kier alpha value is -1.35. The summed E-state index contributed by atoms with van der Waals surface area (Å²) in [6.07, 6.45) is 4.53. The van der Waals surface area contributed by atoms with Crippen molar-refractivity contribution in [3.8, 4) is 0 Å². The van der Waals surface area contributed by atoms with Crippen molar-refractivity contribution in [3.05, 3.63) is 35.4 Å². The minimum atomic E-state index is -0.426. The second kappa shape index (κ2) is 8.70. The van der Waals surface area contributed by atoms with Gasteiger partial charge in [-0.05, 0) is 31.4 Å². The highest BCUT2D eigenvalue weighted by molar-refractivity contribution is 5.88. The molecule has 0 aliphatic carbocycles. The minimum Gasteiger partial charge on any atom is -0.293 e. The van der Waals surface area contributed by atoms with E-state index in [1.165, 1.54) is 12.8 Å². The fourth-order valence-corrected chi connectivity index (χ4v) is 1.82. The van der Waals surface area contributed by atoms with E-state index in [1.54, 1.807) is 12.1 Å². The first kappa shape index (κ1) is 15.7. The van der Waals surface area contributed by atoms with Crippen molar-refractivity contribution < 1.29 is 14.6 Å². The first-order valence-corrected chi connectivity index (χ1v) is 7.07. The minimum absolute atomic E-state index is 0.426. The molecule has 106 valence electrons. The van der Waals surface area contributed by atoms with Crippen LogP contribution in [0.2, 0.25) is 0 Å². The van der Waals surface area contributed by atoms with E-state index in [2.05, 4.69) is 13.8 Å². The van der Waals surface area contributed by atoms with Gasteiger partial charge in [-0.25, -0.2) is 4.79 Å². The smallest absolute Gasteiger partial charge is 0.293 e. The van der Waals surface area contributed by atoms with Gasteiger partial charge in [0.25, 0.3) is 0 Å². The first-order chi connectivity index (χ1) is 9.17. The van der Waals surface area contributed by atoms with Crippen LogP contribution in [0.15, 0.2) is 24.3 Å². The third-order valence-electron chi connectivity index (χ3n) is 3.27. The number of hydrogen-bond donors (Lipinski definition) is 0. The molecule has 1 atom stereocenters. The summed E-state index contributed by atoms with van der Waals surface area (Å²) in [6, 6.07) is 7.25. The highest BCUT2D eigenvalue weighted by Gasteiger charge is 2.11. The van der Waals surface area contributed by atoms with Crippen LogP contribution in [0, 0.1) is 12.8 Å². The summed E-state index contributed by atoms with van der Waals surface area (Å²) in [6.45, 7) is 6.76. The van der Waals surface area contributed by atoms with E-state index < -0.39 is 5.97 Å². The average Bonchev–Trinajstić information content (AvgIpc) is 2.43. The molecule has 0 spiro atoms. The summed E-state index contributed by atoms with van der Waals surface area (Å²) in [5.41, 5.74) is 1.63. The van der Waals surface area contributed by atoms with Crippen LogP contribution in [0.25, 0.3) is 0 Å². The molecular formula is C16H24O3. The van der Waals surface area contributed by atoms with Gasteiger partial charge >= 0.3 is 5.97 Å². The lowest BCUT2D eigenvalue weighted by Gasteiger charge is -2.13. The summed E-state index contributed by atoms with van der Waals surface area (Å²) >= 11 is 0. The molecule has 0 bridgehead atoms. The van der Waals surface area contributed by atoms with Crippen molar-refractivity contribution >= 4 is 5.97 Å². The van der Waals surface area contributed by atoms with Crippen molar-refractivity contribution in [1.82, 2.24) is 0 Å². The van der Waals surface area contributed by atoms with Crippen molar-refractivity contribution in [2.75, 3.05) is 6.61 Å². The molecule has 0 aromatic heterocycles. The molecule has 3 nitrogen and oxygen atoms in total. The lowest BCUT2D eigenvalue weighted by atomic mass is 10.0. The molecule has 19 heavy (non-hydrogen) atoms. The molecule has 0 radical (unpaired) electrons. The monoisotopic (exact) mass is 264 g/mol. The molecule has 0 N–H and O–H groups in total. The maximum Gasteiger partial charge on any atom is 0.373 e. The first-order valence-electron chi connectivity index (χ1n) is 7.07. The zero-order valence-electron chi connectivity index (χ0n) is 12.1. The molecule has 0 saturated carbocycles. The number of aryl methyl sites for hydroxylation is 1. The second-order valence-corrected chi connectivity index (χ2v) is 4.94. The van der Waals surface area contributed by atoms with E-state index >= 15 is 0 Å². The van der Waals surface area contributed by atoms with Gasteiger partial charge in [0.05, 0.1) is 12.2 Å². The van der Waals surface area contributed by atoms with Crippen molar-refractivity contribution in [3.63, 3.8) is 0 Å². The zero-order valence-corrected chi connectivity index (χ0v) is 12.1. The Morgan fingerprint density at radius 3 is 2.47 bits per heavy atom. The number of rotatable bonds is 8. The third kappa shape index (κ3) is 5.88. The lowest BCUT2D eigenvalue weighted by molar-refractivity contribution is -0.249. The highest BCUT2D eigenvalue weighted by atomic mass is 17.2. The number of carbonyl (C=O) groups is 1. The lowest BCUT2D eigenvalue weighted by Crippen LogP contribution is -2.13. The fourth-order valence-electron chi connectivity index (χ4n) is 1.82. The second-order valence-electron chi connectivity index (χ2n) is 4.94. The zero-order chi connectivity index (χ0) is 14.1. The van der Waals surface area contributed by atoms with Crippen LogP contribution < -0.4 is 0 Å². The van der Waals surface area contributed by atoms with Crippen LogP contribution in [-0.4, -0.2) is 12.6 Å². The molecule has 0 saturated heterocycles. The van der Waals surface area contributed by atoms with E-state index in [0.29, 0.717) is 18.1 Å². The Kier molecular flexibility index (Phi) is 7.19. The largest absolute Gasteiger partial charge is 0.373 e. The van der Waals surface area contributed by atoms with Crippen LogP contribution in [-0.2, 0) is 9.78 Å². The Bertz CT molecular complexity index is 370. The molecule has 0 amide bonds. The van der Waals surface area contributed by atoms with Gasteiger partial charge in [-0.3, -0.25) is 4.89 Å². The molecular weight excluding hydrogens is 240 g/mol. The number of hydrogen-bond acceptors (Lipinski definition) is 3. The summed E-state index contributed by atoms with van der Waals surface area (Å²) in [7, 11) is 0. The van der Waals surface area contributed by atoms with Crippen LogP contribution in [0.1, 0.15) is 55.5 Å². The van der Waals surface area contributed by atoms with Gasteiger partial charge < -0.3 is 0 Å². The van der Waals surface area contributed by atoms with Crippen LogP contribution in [0.5, 0.6) is 0 Å². The molecule has 1 rings (SSSR count). The number of benzene rings is 1. The molecule has 0 fully saturated rings. The van der Waals surface area contributed by atoms with Gasteiger partial charge in [-0.2, -0.15) is 4.89 Å². The highest BCUT2D eigenvalue weighted by Crippen LogP contribution is 2.13. The molecule has 1 unspecified atom stereocenters. The molecule has 1 aromatic rings. The molecule has 3 heteroatoms. The van der Waals surface area contributed by atoms with Gasteiger partial charge in [-0.15, -0.1) is 0 Å². The maximum atomic E-state index is 11.7. The fraction of sp³-hybridized carbons (Fsp3) is 0.562. The van der Waals surface area contributed by atoms with Crippen LogP contribution >= 0.6 is 0 Å². The number of unbranched alkanes of at least 4 members (excludes halogenated alkanes) is 1. The summed E-state index contributed by atoms with van der Waals surface area (Å²) < 4.78 is 0. The topological polar surface area (TPSA) is 35.5 Å². The third-order valence-corrected chi connectivity index (χ3v) is 3.27. The predicted molar refractivity (Wildman–Crippen MR) is 75.9 cm³/mol. The summed E-state index contributed by atoms with van der Waals surface area (Å²) in [5.74, 6) is 0.0381. The Labute approximate surface area is 115 Å². The van der Waals surface area contributed by atoms with E-state index in [0.717, 1.165) is 18.4 Å². The Morgan fingerprint density at radius 2 is 1.89 bits per heavy atom. The Morgan fingerprint density at radius 1 is 1.21 bits per heavy atom. The molecule has 1 aromatic carbocycles. The van der Waals surface area contributed by atoms with Gasteiger partial charge in [0.2, 0.25) is 0 Å². The van der Waals surface area contributed by atoms with Gasteiger partial charge in [0.15, 0.2) is 0 Å². The van der Waals surface area contributed by atoms with Crippen LogP contribution in [0.3, 0.4) is 0 Å². The van der Waals surface area contributed by atoms with Gasteiger partial charge in [-0.1, -0.05) is 50.8 Å². The number of carbonyl (C=O) groups excluding carboxylic acids is 1. The van der Waals surface area contributed by atoms with Crippen LogP contribution in [0.4, 0.5) is 0 Å². The standard InChI is InChI=1S/C16H24O3/c1-4-6-7-14(5-2)12-18-19-16(17)15-10-8-13(3)9-11-15/h8-11,14H,4-7,12H2,1-3H3. The van der Waals surface area contributed by atoms with E-state index in [4.69, 9.17) is 9.78 Å². The quantitative estimate of drug-likeness (QED) is 0.518. The van der Waals surface area contributed by atoms with E-state index in [1.807, 2.05) is 19.1 Å². The van der Waals surface area contributed by atoms with Gasteiger partial charge in [0, 0.05) is 0 Å². The normalized spacial score (nSPS) is 12.2. The van der Waals surface area contributed by atoms with Crippen molar-refractivity contribution in [1.29, 1.82) is 0 Å². The van der Waals surface area contributed by atoms with Crippen molar-refractivity contribution in [2.45, 2.75) is 46.5 Å². The van der Waals surface area contributed by atoms with E-state index in [-0.39, 0.29) is 0 Å². The predicted octanol–water partition coefficient (Wildman–Crippen LogP) is 4.30. The summed E-state index contributed by atoms with van der Waals surface area (Å²) in [5, 5.41) is 0. The summed E-state index contributed by atoms with van der Waals surface area (Å²) in [4.78, 5) is 21.6. The molecule has 0 aliphatic rings. The van der Waals surface area contributed by atoms with E-state index in [9.17, 15) is 4.79 Å². The molecule has 0 aliphatic heterocycles. The SMILES string of the molecule is CCCCC(CC)COOC(=O)c1ccc(C)cc1. The van der Waals surface area contributed by atoms with Gasteiger partial charge in [0.1, 0.15) is 0 Å². The molecule has 0 heterocycles. The Balaban J connectivity index is 2.31.